The van der Waals surface area contributed by atoms with E-state index in [9.17, 15) is 4.79 Å². The number of nitrogens with two attached hydrogens (primary N) is 1. The number of halogens is 1. The lowest BCUT2D eigenvalue weighted by Gasteiger charge is -2.18. The van der Waals surface area contributed by atoms with Crippen molar-refractivity contribution in [2.45, 2.75) is 19.4 Å². The summed E-state index contributed by atoms with van der Waals surface area (Å²) in [6, 6.07) is 0.806. The first-order chi connectivity index (χ1) is 8.42. The number of ether oxygens (including phenoxy) is 2. The fraction of sp³-hybridized carbons (Fsp3) is 0.417. The highest BCUT2D eigenvalue weighted by atomic mass is 79.9. The fourth-order valence-electron chi connectivity index (χ4n) is 1.68. The fourth-order valence-corrected chi connectivity index (χ4v) is 2.13. The second kappa shape index (κ2) is 6.06. The predicted molar refractivity (Wildman–Crippen MR) is 71.3 cm³/mol. The second-order valence-corrected chi connectivity index (χ2v) is 4.70. The van der Waals surface area contributed by atoms with Gasteiger partial charge in [0.15, 0.2) is 11.5 Å². The molecule has 0 amide bonds. The molecule has 3 N–H and O–H groups in total. The van der Waals surface area contributed by atoms with Crippen LogP contribution in [0.2, 0.25) is 0 Å². The summed E-state index contributed by atoms with van der Waals surface area (Å²) in [6.45, 7) is 1.87. The smallest absolute Gasteiger partial charge is 0.320 e. The van der Waals surface area contributed by atoms with Crippen LogP contribution in [0.5, 0.6) is 11.5 Å². The quantitative estimate of drug-likeness (QED) is 0.864. The van der Waals surface area contributed by atoms with Crippen molar-refractivity contribution in [2.75, 3.05) is 14.2 Å². The minimum atomic E-state index is -1.05. The van der Waals surface area contributed by atoms with Gasteiger partial charge in [-0.15, -0.1) is 0 Å². The molecule has 0 saturated carbocycles. The monoisotopic (exact) mass is 317 g/mol. The third-order valence-electron chi connectivity index (χ3n) is 2.73. The van der Waals surface area contributed by atoms with Crippen LogP contribution in [0.4, 0.5) is 0 Å². The molecule has 5 nitrogen and oxygen atoms in total. The maximum atomic E-state index is 10.8. The zero-order valence-corrected chi connectivity index (χ0v) is 12.1. The minimum Gasteiger partial charge on any atom is -0.493 e. The van der Waals surface area contributed by atoms with Gasteiger partial charge in [-0.3, -0.25) is 4.79 Å². The van der Waals surface area contributed by atoms with Crippen molar-refractivity contribution in [2.24, 2.45) is 5.73 Å². The van der Waals surface area contributed by atoms with Gasteiger partial charge >= 0.3 is 5.97 Å². The van der Waals surface area contributed by atoms with E-state index < -0.39 is 12.0 Å². The summed E-state index contributed by atoms with van der Waals surface area (Å²) in [7, 11) is 3.04. The third-order valence-corrected chi connectivity index (χ3v) is 3.56. The topological polar surface area (TPSA) is 81.8 Å². The molecule has 0 aliphatic rings. The normalized spacial score (nSPS) is 12.1. The van der Waals surface area contributed by atoms with Crippen molar-refractivity contribution in [3.63, 3.8) is 0 Å². The maximum absolute atomic E-state index is 10.8. The molecule has 1 unspecified atom stereocenters. The van der Waals surface area contributed by atoms with Crippen LogP contribution in [0.3, 0.4) is 0 Å². The Morgan fingerprint density at radius 3 is 2.56 bits per heavy atom. The van der Waals surface area contributed by atoms with Crippen molar-refractivity contribution in [3.8, 4) is 11.5 Å². The molecule has 0 aromatic heterocycles. The predicted octanol–water partition coefficient (Wildman–Crippen LogP) is 1.73. The molecule has 1 atom stereocenters. The van der Waals surface area contributed by atoms with E-state index in [1.807, 2.05) is 6.92 Å². The number of carboxylic acid groups (broad SMARTS) is 1. The van der Waals surface area contributed by atoms with E-state index in [2.05, 4.69) is 15.9 Å². The average Bonchev–Trinajstić information content (AvgIpc) is 2.34. The lowest BCUT2D eigenvalue weighted by molar-refractivity contribution is -0.138. The maximum Gasteiger partial charge on any atom is 0.320 e. The number of hydrogen-bond donors (Lipinski definition) is 2. The number of carboxylic acids is 1. The summed E-state index contributed by atoms with van der Waals surface area (Å²) in [4.78, 5) is 10.8. The van der Waals surface area contributed by atoms with Gasteiger partial charge in [0.2, 0.25) is 0 Å². The lowest BCUT2D eigenvalue weighted by atomic mass is 9.99. The van der Waals surface area contributed by atoms with Crippen molar-refractivity contribution >= 4 is 21.9 Å². The largest absolute Gasteiger partial charge is 0.493 e. The Hall–Kier alpha value is -1.27. The van der Waals surface area contributed by atoms with Crippen LogP contribution in [0.15, 0.2) is 10.5 Å². The van der Waals surface area contributed by atoms with Gasteiger partial charge in [-0.2, -0.15) is 0 Å². The van der Waals surface area contributed by atoms with Crippen LogP contribution >= 0.6 is 15.9 Å². The summed E-state index contributed by atoms with van der Waals surface area (Å²) >= 11 is 3.40. The molecule has 0 heterocycles. The van der Waals surface area contributed by atoms with E-state index in [1.165, 1.54) is 14.2 Å². The second-order valence-electron chi connectivity index (χ2n) is 3.85. The zero-order valence-electron chi connectivity index (χ0n) is 10.5. The summed E-state index contributed by atoms with van der Waals surface area (Å²) < 4.78 is 11.3. The Labute approximate surface area is 114 Å². The highest BCUT2D eigenvalue weighted by Crippen LogP contribution is 2.38. The molecule has 0 radical (unpaired) electrons. The lowest BCUT2D eigenvalue weighted by Crippen LogP contribution is -2.32. The van der Waals surface area contributed by atoms with Gasteiger partial charge in [0.05, 0.1) is 14.2 Å². The van der Waals surface area contributed by atoms with Gasteiger partial charge in [0.1, 0.15) is 6.04 Å². The van der Waals surface area contributed by atoms with Crippen molar-refractivity contribution in [1.29, 1.82) is 0 Å². The number of benzene rings is 1. The van der Waals surface area contributed by atoms with Crippen LogP contribution in [-0.2, 0) is 11.2 Å². The first-order valence-corrected chi connectivity index (χ1v) is 6.10. The zero-order chi connectivity index (χ0) is 13.9. The van der Waals surface area contributed by atoms with E-state index in [0.717, 1.165) is 15.6 Å². The average molecular weight is 318 g/mol. The SMILES string of the molecule is COc1cc(Br)c(C)c(CC(N)C(=O)O)c1OC. The number of hydrogen-bond acceptors (Lipinski definition) is 4. The molecular weight excluding hydrogens is 302 g/mol. The molecule has 0 saturated heterocycles. The Morgan fingerprint density at radius 1 is 1.50 bits per heavy atom. The van der Waals surface area contributed by atoms with Gasteiger partial charge in [-0.1, -0.05) is 15.9 Å². The summed E-state index contributed by atoms with van der Waals surface area (Å²) in [5, 5.41) is 8.88. The number of rotatable bonds is 5. The van der Waals surface area contributed by atoms with Crippen molar-refractivity contribution in [1.82, 2.24) is 0 Å². The first-order valence-electron chi connectivity index (χ1n) is 5.30. The molecule has 0 spiro atoms. The summed E-state index contributed by atoms with van der Waals surface area (Å²) in [5.74, 6) is 0.0212. The molecule has 18 heavy (non-hydrogen) atoms. The van der Waals surface area contributed by atoms with Gasteiger partial charge in [0.25, 0.3) is 0 Å². The molecular formula is C12H16BrNO4. The molecule has 100 valence electrons. The molecule has 1 aromatic carbocycles. The molecule has 0 aliphatic heterocycles. The van der Waals surface area contributed by atoms with Crippen LogP contribution in [0, 0.1) is 6.92 Å². The van der Waals surface area contributed by atoms with Gasteiger partial charge in [-0.05, 0) is 18.6 Å². The van der Waals surface area contributed by atoms with E-state index >= 15 is 0 Å². The molecule has 0 fully saturated rings. The van der Waals surface area contributed by atoms with Crippen molar-refractivity contribution < 1.29 is 19.4 Å². The van der Waals surface area contributed by atoms with E-state index in [-0.39, 0.29) is 6.42 Å². The van der Waals surface area contributed by atoms with E-state index in [4.69, 9.17) is 20.3 Å². The standard InChI is InChI=1S/C12H16BrNO4/c1-6-7(4-9(14)12(15)16)11(18-3)10(17-2)5-8(6)13/h5,9H,4,14H2,1-3H3,(H,15,16). The first kappa shape index (κ1) is 14.8. The van der Waals surface area contributed by atoms with Crippen LogP contribution in [0.1, 0.15) is 11.1 Å². The molecule has 0 aliphatic carbocycles. The Balaban J connectivity index is 3.30. The highest BCUT2D eigenvalue weighted by Gasteiger charge is 2.21. The third kappa shape index (κ3) is 2.94. The summed E-state index contributed by atoms with van der Waals surface area (Å²) in [5.41, 5.74) is 7.20. The number of methoxy groups -OCH3 is 2. The molecule has 1 rings (SSSR count). The van der Waals surface area contributed by atoms with Gasteiger partial charge in [-0.25, -0.2) is 0 Å². The van der Waals surface area contributed by atoms with E-state index in [0.29, 0.717) is 11.5 Å². The molecule has 6 heteroatoms. The van der Waals surface area contributed by atoms with E-state index in [1.54, 1.807) is 6.07 Å². The van der Waals surface area contributed by atoms with Crippen LogP contribution in [0.25, 0.3) is 0 Å². The minimum absolute atomic E-state index is 0.181. The van der Waals surface area contributed by atoms with Crippen LogP contribution < -0.4 is 15.2 Å². The highest BCUT2D eigenvalue weighted by molar-refractivity contribution is 9.10. The van der Waals surface area contributed by atoms with Gasteiger partial charge in [0, 0.05) is 16.5 Å². The Morgan fingerprint density at radius 2 is 2.11 bits per heavy atom. The van der Waals surface area contributed by atoms with Gasteiger partial charge < -0.3 is 20.3 Å². The number of aliphatic carboxylic acids is 1. The summed E-state index contributed by atoms with van der Waals surface area (Å²) in [6.07, 6.45) is 0.181. The molecule has 1 aromatic rings. The Bertz CT molecular complexity index is 462. The number of carbonyl (C=O) groups is 1. The Kier molecular flexibility index (Phi) is 4.98. The molecule has 0 bridgehead atoms. The van der Waals surface area contributed by atoms with Crippen molar-refractivity contribution in [3.05, 3.63) is 21.7 Å². The van der Waals surface area contributed by atoms with Crippen LogP contribution in [-0.4, -0.2) is 31.3 Å².